The standard InChI is InChI=1S/C29H50O/c1-7-21(19(2)3)9-8-20(4)25-12-13-26-24-11-10-22-18-23(30)14-16-28(22,5)27(24)15-17-29(25,26)6/h10,19-21,23-27,30H,7-9,11-18H2,1-6H3/p+1. The van der Waals surface area contributed by atoms with Crippen molar-refractivity contribution in [2.24, 2.45) is 52.3 Å². The van der Waals surface area contributed by atoms with Crippen molar-refractivity contribution in [2.75, 3.05) is 0 Å². The van der Waals surface area contributed by atoms with Gasteiger partial charge in [0.15, 0.2) is 6.10 Å². The van der Waals surface area contributed by atoms with Gasteiger partial charge in [0, 0.05) is 12.8 Å². The third-order valence-corrected chi connectivity index (χ3v) is 11.3. The van der Waals surface area contributed by atoms with Crippen LogP contribution in [0, 0.1) is 52.3 Å². The molecule has 0 heterocycles. The molecule has 0 aromatic carbocycles. The summed E-state index contributed by atoms with van der Waals surface area (Å²) in [5.74, 6) is 6.40. The van der Waals surface area contributed by atoms with E-state index in [2.05, 4.69) is 47.6 Å². The molecule has 0 amide bonds. The monoisotopic (exact) mass is 415 g/mol. The first-order valence-corrected chi connectivity index (χ1v) is 13.6. The molecular formula is C29H51O+. The minimum atomic E-state index is 0.171. The lowest BCUT2D eigenvalue weighted by Crippen LogP contribution is -2.50. The van der Waals surface area contributed by atoms with Gasteiger partial charge in [-0.2, -0.15) is 0 Å². The fourth-order valence-electron chi connectivity index (χ4n) is 9.32. The van der Waals surface area contributed by atoms with Crippen LogP contribution in [-0.2, 0) is 0 Å². The predicted octanol–water partition coefficient (Wildman–Crippen LogP) is 7.76. The molecule has 3 saturated carbocycles. The van der Waals surface area contributed by atoms with Gasteiger partial charge < -0.3 is 5.11 Å². The van der Waals surface area contributed by atoms with Gasteiger partial charge in [-0.1, -0.05) is 66.0 Å². The van der Waals surface area contributed by atoms with Gasteiger partial charge >= 0.3 is 0 Å². The topological polar surface area (TPSA) is 22.9 Å². The first kappa shape index (κ1) is 22.9. The third-order valence-electron chi connectivity index (χ3n) is 11.3. The van der Waals surface area contributed by atoms with E-state index in [4.69, 9.17) is 5.11 Å². The molecule has 4 rings (SSSR count). The zero-order valence-corrected chi connectivity index (χ0v) is 21.0. The van der Waals surface area contributed by atoms with Crippen LogP contribution in [0.15, 0.2) is 11.6 Å². The van der Waals surface area contributed by atoms with E-state index < -0.39 is 0 Å². The Morgan fingerprint density at radius 2 is 1.77 bits per heavy atom. The zero-order chi connectivity index (χ0) is 21.7. The smallest absolute Gasteiger partial charge is 0.157 e. The molecular weight excluding hydrogens is 364 g/mol. The van der Waals surface area contributed by atoms with Crippen molar-refractivity contribution < 1.29 is 5.11 Å². The quantitative estimate of drug-likeness (QED) is 0.312. The van der Waals surface area contributed by atoms with Gasteiger partial charge in [-0.25, -0.2) is 0 Å². The summed E-state index contributed by atoms with van der Waals surface area (Å²) in [5.41, 5.74) is 2.70. The summed E-state index contributed by atoms with van der Waals surface area (Å²) >= 11 is 0. The van der Waals surface area contributed by atoms with E-state index >= 15 is 0 Å². The maximum atomic E-state index is 8.31. The maximum Gasteiger partial charge on any atom is 0.157 e. The molecule has 172 valence electrons. The van der Waals surface area contributed by atoms with Gasteiger partial charge in [0.05, 0.1) is 0 Å². The predicted molar refractivity (Wildman–Crippen MR) is 130 cm³/mol. The van der Waals surface area contributed by atoms with Crippen molar-refractivity contribution in [3.63, 3.8) is 0 Å². The number of hydrogen-bond acceptors (Lipinski definition) is 0. The minimum absolute atomic E-state index is 0.171. The molecule has 1 heteroatoms. The van der Waals surface area contributed by atoms with Crippen LogP contribution in [0.25, 0.3) is 0 Å². The van der Waals surface area contributed by atoms with Gasteiger partial charge in [-0.15, -0.1) is 0 Å². The molecule has 0 radical (unpaired) electrons. The SMILES string of the molecule is CCC(CCC(C)C1CCC2C3CC=C4CC([OH2+])CCC4(C)C3CCC12C)C(C)C. The fraction of sp³-hybridized carbons (Fsp3) is 0.931. The molecule has 4 aliphatic rings. The zero-order valence-electron chi connectivity index (χ0n) is 21.0. The summed E-state index contributed by atoms with van der Waals surface area (Å²) in [6.45, 7) is 15.1. The highest BCUT2D eigenvalue weighted by Gasteiger charge is 2.59. The molecule has 0 saturated heterocycles. The Hall–Kier alpha value is -0.300. The summed E-state index contributed by atoms with van der Waals surface area (Å²) in [6, 6.07) is 0. The van der Waals surface area contributed by atoms with E-state index in [9.17, 15) is 0 Å². The van der Waals surface area contributed by atoms with Gasteiger partial charge in [-0.3, -0.25) is 0 Å². The van der Waals surface area contributed by atoms with Crippen LogP contribution in [0.3, 0.4) is 0 Å². The first-order valence-electron chi connectivity index (χ1n) is 13.6. The van der Waals surface area contributed by atoms with Crippen LogP contribution >= 0.6 is 0 Å². The second-order valence-electron chi connectivity index (χ2n) is 12.9. The van der Waals surface area contributed by atoms with E-state index in [-0.39, 0.29) is 6.10 Å². The molecule has 3 fully saturated rings. The number of rotatable bonds is 6. The van der Waals surface area contributed by atoms with Crippen LogP contribution in [-0.4, -0.2) is 11.2 Å². The van der Waals surface area contributed by atoms with Crippen molar-refractivity contribution in [3.05, 3.63) is 11.6 Å². The second-order valence-corrected chi connectivity index (χ2v) is 12.9. The first-order chi connectivity index (χ1) is 14.2. The summed E-state index contributed by atoms with van der Waals surface area (Å²) in [6.07, 6.45) is 17.8. The second kappa shape index (κ2) is 8.57. The van der Waals surface area contributed by atoms with Crippen molar-refractivity contribution >= 4 is 0 Å². The fourth-order valence-corrected chi connectivity index (χ4v) is 9.32. The highest BCUT2D eigenvalue weighted by Crippen LogP contribution is 2.67. The van der Waals surface area contributed by atoms with Gasteiger partial charge in [0.25, 0.3) is 0 Å². The van der Waals surface area contributed by atoms with Crippen LogP contribution in [0.4, 0.5) is 0 Å². The Morgan fingerprint density at radius 3 is 2.47 bits per heavy atom. The van der Waals surface area contributed by atoms with Crippen LogP contribution in [0.5, 0.6) is 0 Å². The Balaban J connectivity index is 1.47. The number of hydrogen-bond donors (Lipinski definition) is 0. The van der Waals surface area contributed by atoms with Crippen molar-refractivity contribution in [1.82, 2.24) is 0 Å². The Labute approximate surface area is 187 Å². The summed E-state index contributed by atoms with van der Waals surface area (Å²) in [4.78, 5) is 0. The lowest BCUT2D eigenvalue weighted by molar-refractivity contribution is -0.0575. The molecule has 4 aliphatic carbocycles. The lowest BCUT2D eigenvalue weighted by atomic mass is 9.47. The molecule has 0 aromatic heterocycles. The molecule has 0 aromatic rings. The average molecular weight is 416 g/mol. The number of fused-ring (bicyclic) bond motifs is 5. The highest BCUT2D eigenvalue weighted by molar-refractivity contribution is 5.25. The third kappa shape index (κ3) is 3.74. The highest BCUT2D eigenvalue weighted by atomic mass is 16.3. The van der Waals surface area contributed by atoms with Crippen molar-refractivity contribution in [2.45, 2.75) is 118 Å². The number of allylic oxidation sites excluding steroid dienone is 1. The van der Waals surface area contributed by atoms with Gasteiger partial charge in [0.1, 0.15) is 0 Å². The van der Waals surface area contributed by atoms with Crippen LogP contribution in [0.1, 0.15) is 112 Å². The molecule has 9 unspecified atom stereocenters. The molecule has 2 N–H and O–H groups in total. The van der Waals surface area contributed by atoms with E-state index in [0.29, 0.717) is 10.8 Å². The molecule has 30 heavy (non-hydrogen) atoms. The van der Waals surface area contributed by atoms with Crippen molar-refractivity contribution in [1.29, 1.82) is 0 Å². The van der Waals surface area contributed by atoms with Gasteiger partial charge in [-0.05, 0) is 97.2 Å². The molecule has 0 bridgehead atoms. The summed E-state index contributed by atoms with van der Waals surface area (Å²) in [5, 5.41) is 8.31. The molecule has 1 nitrogen and oxygen atoms in total. The van der Waals surface area contributed by atoms with E-state index in [1.165, 1.54) is 57.8 Å². The lowest BCUT2D eigenvalue weighted by Gasteiger charge is -2.58. The van der Waals surface area contributed by atoms with Crippen LogP contribution < -0.4 is 0 Å². The normalized spacial score (nSPS) is 45.3. The largest absolute Gasteiger partial charge is 0.443 e. The maximum absolute atomic E-state index is 8.31. The molecule has 0 spiro atoms. The molecule has 0 aliphatic heterocycles. The summed E-state index contributed by atoms with van der Waals surface area (Å²) in [7, 11) is 0. The minimum Gasteiger partial charge on any atom is -0.443 e. The van der Waals surface area contributed by atoms with E-state index in [0.717, 1.165) is 54.3 Å². The van der Waals surface area contributed by atoms with Crippen molar-refractivity contribution in [3.8, 4) is 0 Å². The Kier molecular flexibility index (Phi) is 6.53. The molecule has 9 atom stereocenters. The van der Waals surface area contributed by atoms with Crippen LogP contribution in [0.2, 0.25) is 0 Å². The van der Waals surface area contributed by atoms with E-state index in [1.807, 2.05) is 0 Å². The van der Waals surface area contributed by atoms with Gasteiger partial charge in [0.2, 0.25) is 0 Å². The average Bonchev–Trinajstić information content (AvgIpc) is 3.06. The Bertz CT molecular complexity index is 634. The van der Waals surface area contributed by atoms with E-state index in [1.54, 1.807) is 5.57 Å². The Morgan fingerprint density at radius 1 is 1.00 bits per heavy atom. The summed E-state index contributed by atoms with van der Waals surface area (Å²) < 4.78 is 0.